The predicted octanol–water partition coefficient (Wildman–Crippen LogP) is 9.91. The van der Waals surface area contributed by atoms with Gasteiger partial charge in [0.05, 0.1) is 11.0 Å². The summed E-state index contributed by atoms with van der Waals surface area (Å²) in [6.07, 6.45) is 4.25. The number of allylic oxidation sites excluding steroid dienone is 1. The van der Waals surface area contributed by atoms with Crippen LogP contribution in [-0.2, 0) is 0 Å². The molecule has 0 N–H and O–H groups in total. The van der Waals surface area contributed by atoms with Gasteiger partial charge >= 0.3 is 0 Å². The van der Waals surface area contributed by atoms with Gasteiger partial charge in [-0.25, -0.2) is 0 Å². The zero-order valence-corrected chi connectivity index (χ0v) is 21.0. The molecule has 5 aromatic carbocycles. The fraction of sp³-hybridized carbons (Fsp3) is 0.0303. The molecule has 0 fully saturated rings. The first-order valence-electron chi connectivity index (χ1n) is 11.8. The Morgan fingerprint density at radius 1 is 0.571 bits per heavy atom. The Hall–Kier alpha value is -3.88. The molecular weight excluding hydrogens is 490 g/mol. The van der Waals surface area contributed by atoms with Gasteiger partial charge in [0.1, 0.15) is 0 Å². The number of halogens is 1. The van der Waals surface area contributed by atoms with E-state index in [0.717, 1.165) is 4.47 Å². The van der Waals surface area contributed by atoms with Gasteiger partial charge in [-0.05, 0) is 71.1 Å². The van der Waals surface area contributed by atoms with E-state index in [1.54, 1.807) is 0 Å². The van der Waals surface area contributed by atoms with Crippen molar-refractivity contribution < 1.29 is 0 Å². The largest absolute Gasteiger partial charge is 0.309 e. The Morgan fingerprint density at radius 3 is 1.89 bits per heavy atom. The second kappa shape index (κ2) is 9.05. The third-order valence-corrected chi connectivity index (χ3v) is 7.03. The first-order chi connectivity index (χ1) is 17.2. The van der Waals surface area contributed by atoms with Crippen LogP contribution in [0.15, 0.2) is 126 Å². The summed E-state index contributed by atoms with van der Waals surface area (Å²) in [7, 11) is 0. The van der Waals surface area contributed by atoms with E-state index in [-0.39, 0.29) is 0 Å². The van der Waals surface area contributed by atoms with Crippen LogP contribution in [0, 0.1) is 0 Å². The van der Waals surface area contributed by atoms with E-state index < -0.39 is 0 Å². The molecule has 0 saturated carbocycles. The molecule has 0 spiro atoms. The van der Waals surface area contributed by atoms with E-state index in [4.69, 9.17) is 0 Å². The summed E-state index contributed by atoms with van der Waals surface area (Å²) >= 11 is 3.58. The maximum absolute atomic E-state index is 3.58. The minimum atomic E-state index is 1.09. The summed E-state index contributed by atoms with van der Waals surface area (Å²) in [5.74, 6) is 0. The van der Waals surface area contributed by atoms with Crippen molar-refractivity contribution in [3.8, 4) is 27.9 Å². The van der Waals surface area contributed by atoms with Crippen molar-refractivity contribution in [1.29, 1.82) is 0 Å². The van der Waals surface area contributed by atoms with Crippen molar-refractivity contribution in [1.82, 2.24) is 4.57 Å². The second-order valence-electron chi connectivity index (χ2n) is 8.77. The molecule has 0 aliphatic rings. The minimum absolute atomic E-state index is 1.09. The molecule has 1 aromatic heterocycles. The summed E-state index contributed by atoms with van der Waals surface area (Å²) in [6.45, 7) is 2.06. The lowest BCUT2D eigenvalue weighted by molar-refractivity contribution is 1.18. The van der Waals surface area contributed by atoms with Crippen LogP contribution in [0.1, 0.15) is 12.5 Å². The lowest BCUT2D eigenvalue weighted by atomic mass is 9.99. The molecule has 0 saturated heterocycles. The van der Waals surface area contributed by atoms with Gasteiger partial charge in [-0.1, -0.05) is 107 Å². The van der Waals surface area contributed by atoms with Gasteiger partial charge in [0.2, 0.25) is 0 Å². The van der Waals surface area contributed by atoms with Crippen LogP contribution in [-0.4, -0.2) is 4.57 Å². The molecule has 0 unspecified atom stereocenters. The molecular formula is C33H24BrN. The number of nitrogens with zero attached hydrogens (tertiary/aromatic N) is 1. The highest BCUT2D eigenvalue weighted by Gasteiger charge is 2.14. The van der Waals surface area contributed by atoms with Crippen LogP contribution in [0.2, 0.25) is 0 Å². The topological polar surface area (TPSA) is 4.93 Å². The van der Waals surface area contributed by atoms with Crippen molar-refractivity contribution in [2.24, 2.45) is 0 Å². The summed E-state index contributed by atoms with van der Waals surface area (Å²) in [6, 6.07) is 41.5. The molecule has 0 aliphatic heterocycles. The normalized spacial score (nSPS) is 11.6. The maximum Gasteiger partial charge on any atom is 0.0547 e. The Bertz CT molecular complexity index is 1690. The number of hydrogen-bond donors (Lipinski definition) is 0. The number of rotatable bonds is 4. The lowest BCUT2D eigenvalue weighted by Gasteiger charge is -2.10. The molecule has 0 bridgehead atoms. The van der Waals surface area contributed by atoms with Crippen molar-refractivity contribution in [3.63, 3.8) is 0 Å². The SMILES string of the molecule is C/C=C/c1ccc2c3ccc(-c4ccc(-c5cccc(Br)c5)cc4)cc3n(-c3ccccc3)c2c1. The Morgan fingerprint density at radius 2 is 1.20 bits per heavy atom. The van der Waals surface area contributed by atoms with Gasteiger partial charge in [-0.3, -0.25) is 0 Å². The van der Waals surface area contributed by atoms with Crippen molar-refractivity contribution in [3.05, 3.63) is 131 Å². The van der Waals surface area contributed by atoms with Crippen LogP contribution in [0.5, 0.6) is 0 Å². The third-order valence-electron chi connectivity index (χ3n) is 6.54. The Balaban J connectivity index is 1.52. The van der Waals surface area contributed by atoms with Crippen LogP contribution in [0.3, 0.4) is 0 Å². The van der Waals surface area contributed by atoms with Gasteiger partial charge < -0.3 is 4.57 Å². The minimum Gasteiger partial charge on any atom is -0.309 e. The van der Waals surface area contributed by atoms with E-state index in [1.807, 2.05) is 0 Å². The molecule has 168 valence electrons. The maximum atomic E-state index is 3.58. The van der Waals surface area contributed by atoms with Crippen molar-refractivity contribution >= 4 is 43.8 Å². The first-order valence-corrected chi connectivity index (χ1v) is 12.6. The van der Waals surface area contributed by atoms with E-state index in [2.05, 4.69) is 155 Å². The van der Waals surface area contributed by atoms with Gasteiger partial charge in [0, 0.05) is 20.9 Å². The average Bonchev–Trinajstić information content (AvgIpc) is 3.22. The fourth-order valence-corrected chi connectivity index (χ4v) is 5.29. The Kier molecular flexibility index (Phi) is 5.60. The number of para-hydroxylation sites is 1. The lowest BCUT2D eigenvalue weighted by Crippen LogP contribution is -1.93. The Labute approximate surface area is 214 Å². The van der Waals surface area contributed by atoms with E-state index >= 15 is 0 Å². The van der Waals surface area contributed by atoms with E-state index in [9.17, 15) is 0 Å². The zero-order valence-electron chi connectivity index (χ0n) is 19.4. The van der Waals surface area contributed by atoms with Gasteiger partial charge in [-0.2, -0.15) is 0 Å². The predicted molar refractivity (Wildman–Crippen MR) is 154 cm³/mol. The molecule has 35 heavy (non-hydrogen) atoms. The molecule has 0 radical (unpaired) electrons. The third kappa shape index (κ3) is 4.00. The average molecular weight is 514 g/mol. The molecule has 1 heterocycles. The zero-order chi connectivity index (χ0) is 23.8. The molecule has 1 nitrogen and oxygen atoms in total. The number of hydrogen-bond acceptors (Lipinski definition) is 0. The smallest absolute Gasteiger partial charge is 0.0547 e. The summed E-state index contributed by atoms with van der Waals surface area (Å²) in [5, 5.41) is 2.54. The first kappa shape index (κ1) is 21.6. The molecule has 2 heteroatoms. The summed E-state index contributed by atoms with van der Waals surface area (Å²) < 4.78 is 3.48. The summed E-state index contributed by atoms with van der Waals surface area (Å²) in [4.78, 5) is 0. The quantitative estimate of drug-likeness (QED) is 0.221. The summed E-state index contributed by atoms with van der Waals surface area (Å²) in [5.41, 5.74) is 9.68. The molecule has 0 amide bonds. The van der Waals surface area contributed by atoms with Crippen LogP contribution in [0.25, 0.3) is 55.8 Å². The number of benzene rings is 5. The number of aromatic nitrogens is 1. The van der Waals surface area contributed by atoms with Crippen molar-refractivity contribution in [2.45, 2.75) is 6.92 Å². The van der Waals surface area contributed by atoms with Gasteiger partial charge in [-0.15, -0.1) is 0 Å². The molecule has 0 aliphatic carbocycles. The van der Waals surface area contributed by atoms with E-state index in [1.165, 1.54) is 55.3 Å². The van der Waals surface area contributed by atoms with Crippen LogP contribution in [0.4, 0.5) is 0 Å². The van der Waals surface area contributed by atoms with Crippen LogP contribution < -0.4 is 0 Å². The highest BCUT2D eigenvalue weighted by molar-refractivity contribution is 9.10. The molecule has 6 aromatic rings. The standard InChI is InChI=1S/C33H24BrN/c1-2-7-23-12-18-30-31-19-17-27(22-33(31)35(32(30)20-23)29-10-4-3-5-11-29)25-15-13-24(14-16-25)26-8-6-9-28(34)21-26/h2-22H,1H3/b7-2+. The van der Waals surface area contributed by atoms with Gasteiger partial charge in [0.25, 0.3) is 0 Å². The molecule has 0 atom stereocenters. The number of fused-ring (bicyclic) bond motifs is 3. The van der Waals surface area contributed by atoms with Gasteiger partial charge in [0.15, 0.2) is 0 Å². The second-order valence-corrected chi connectivity index (χ2v) is 9.68. The van der Waals surface area contributed by atoms with Crippen molar-refractivity contribution in [2.75, 3.05) is 0 Å². The highest BCUT2D eigenvalue weighted by atomic mass is 79.9. The fourth-order valence-electron chi connectivity index (χ4n) is 4.89. The van der Waals surface area contributed by atoms with Crippen LogP contribution >= 0.6 is 15.9 Å². The van der Waals surface area contributed by atoms with E-state index in [0.29, 0.717) is 0 Å². The monoisotopic (exact) mass is 513 g/mol. The highest BCUT2D eigenvalue weighted by Crippen LogP contribution is 2.36. The molecule has 6 rings (SSSR count).